The molecule has 0 amide bonds. The Hall–Kier alpha value is -1.42. The molecule has 0 spiro atoms. The van der Waals surface area contributed by atoms with E-state index in [0.717, 1.165) is 5.56 Å². The summed E-state index contributed by atoms with van der Waals surface area (Å²) in [4.78, 5) is 2.34. The van der Waals surface area contributed by atoms with Crippen LogP contribution in [0.2, 0.25) is 0 Å². The maximum absolute atomic E-state index is 12.5. The predicted molar refractivity (Wildman–Crippen MR) is 76.6 cm³/mol. The Balaban J connectivity index is 2.10. The quantitative estimate of drug-likeness (QED) is 0.840. The summed E-state index contributed by atoms with van der Waals surface area (Å²) in [6.45, 7) is 5.83. The second-order valence-electron chi connectivity index (χ2n) is 5.06. The van der Waals surface area contributed by atoms with Crippen molar-refractivity contribution in [1.29, 1.82) is 5.26 Å². The van der Waals surface area contributed by atoms with Gasteiger partial charge in [-0.2, -0.15) is 9.57 Å². The minimum Gasteiger partial charge on any atom is -0.286 e. The molecule has 0 bridgehead atoms. The molecule has 1 aliphatic rings. The van der Waals surface area contributed by atoms with E-state index in [9.17, 15) is 8.42 Å². The van der Waals surface area contributed by atoms with Gasteiger partial charge >= 0.3 is 0 Å². The number of hydrogen-bond donors (Lipinski definition) is 0. The fourth-order valence-corrected chi connectivity index (χ4v) is 3.69. The van der Waals surface area contributed by atoms with Crippen LogP contribution < -0.4 is 0 Å². The lowest BCUT2D eigenvalue weighted by Crippen LogP contribution is -2.50. The number of hydrogen-bond acceptors (Lipinski definition) is 4. The van der Waals surface area contributed by atoms with Gasteiger partial charge in [0.15, 0.2) is 0 Å². The standard InChI is InChI=1S/C14H19N3O2S/c1-12-3-5-14(6-4-12)20(18,19)17-9-7-16(8-10-17)13(2)11-15/h3-6,13H,7-10H2,1-2H3/t13-/m1/s1. The molecule has 5 nitrogen and oxygen atoms in total. The molecule has 0 aliphatic carbocycles. The van der Waals surface area contributed by atoms with Gasteiger partial charge in [0, 0.05) is 26.2 Å². The highest BCUT2D eigenvalue weighted by Crippen LogP contribution is 2.18. The van der Waals surface area contributed by atoms with E-state index < -0.39 is 10.0 Å². The van der Waals surface area contributed by atoms with Crippen LogP contribution in [0.3, 0.4) is 0 Å². The molecular formula is C14H19N3O2S. The topological polar surface area (TPSA) is 64.4 Å². The summed E-state index contributed by atoms with van der Waals surface area (Å²) in [6.07, 6.45) is 0. The van der Waals surface area contributed by atoms with Crippen molar-refractivity contribution in [3.8, 4) is 6.07 Å². The van der Waals surface area contributed by atoms with Gasteiger partial charge in [-0.1, -0.05) is 17.7 Å². The average Bonchev–Trinajstić information content (AvgIpc) is 2.47. The first kappa shape index (κ1) is 15.0. The van der Waals surface area contributed by atoms with Gasteiger partial charge in [0.05, 0.1) is 17.0 Å². The smallest absolute Gasteiger partial charge is 0.243 e. The van der Waals surface area contributed by atoms with Crippen LogP contribution in [-0.4, -0.2) is 49.8 Å². The summed E-state index contributed by atoms with van der Waals surface area (Å²) in [7, 11) is -3.41. The van der Waals surface area contributed by atoms with Gasteiger partial charge in [-0.3, -0.25) is 4.90 Å². The van der Waals surface area contributed by atoms with Crippen LogP contribution in [0.4, 0.5) is 0 Å². The van der Waals surface area contributed by atoms with E-state index in [1.165, 1.54) is 4.31 Å². The molecule has 1 saturated heterocycles. The zero-order valence-electron chi connectivity index (χ0n) is 11.8. The number of rotatable bonds is 3. The van der Waals surface area contributed by atoms with Crippen LogP contribution in [0.25, 0.3) is 0 Å². The average molecular weight is 293 g/mol. The van der Waals surface area contributed by atoms with Crippen LogP contribution in [0.15, 0.2) is 29.2 Å². The Morgan fingerprint density at radius 1 is 1.15 bits per heavy atom. The lowest BCUT2D eigenvalue weighted by atomic mass is 10.2. The highest BCUT2D eigenvalue weighted by atomic mass is 32.2. The maximum atomic E-state index is 12.5. The zero-order chi connectivity index (χ0) is 14.8. The summed E-state index contributed by atoms with van der Waals surface area (Å²) in [6, 6.07) is 8.93. The molecular weight excluding hydrogens is 274 g/mol. The van der Waals surface area contributed by atoms with Crippen LogP contribution >= 0.6 is 0 Å². The maximum Gasteiger partial charge on any atom is 0.243 e. The van der Waals surface area contributed by atoms with E-state index in [-0.39, 0.29) is 6.04 Å². The van der Waals surface area contributed by atoms with Crippen molar-refractivity contribution >= 4 is 10.0 Å². The van der Waals surface area contributed by atoms with Crippen molar-refractivity contribution in [1.82, 2.24) is 9.21 Å². The van der Waals surface area contributed by atoms with Crippen molar-refractivity contribution < 1.29 is 8.42 Å². The van der Waals surface area contributed by atoms with Crippen LogP contribution in [0.1, 0.15) is 12.5 Å². The molecule has 108 valence electrons. The number of aryl methyl sites for hydroxylation is 1. The minimum absolute atomic E-state index is 0.167. The number of benzene rings is 1. The summed E-state index contributed by atoms with van der Waals surface area (Å²) < 4.78 is 26.5. The lowest BCUT2D eigenvalue weighted by molar-refractivity contribution is 0.169. The molecule has 1 aromatic rings. The number of nitriles is 1. The van der Waals surface area contributed by atoms with Crippen molar-refractivity contribution in [2.75, 3.05) is 26.2 Å². The Kier molecular flexibility index (Phi) is 4.43. The molecule has 1 aromatic carbocycles. The van der Waals surface area contributed by atoms with Gasteiger partial charge in [0.2, 0.25) is 10.0 Å². The van der Waals surface area contributed by atoms with E-state index in [0.29, 0.717) is 31.1 Å². The van der Waals surface area contributed by atoms with Crippen LogP contribution in [0.5, 0.6) is 0 Å². The lowest BCUT2D eigenvalue weighted by Gasteiger charge is -2.35. The summed E-state index contributed by atoms with van der Waals surface area (Å²) in [5.74, 6) is 0. The van der Waals surface area contributed by atoms with Gasteiger partial charge < -0.3 is 0 Å². The van der Waals surface area contributed by atoms with Gasteiger partial charge in [0.1, 0.15) is 0 Å². The van der Waals surface area contributed by atoms with E-state index in [1.54, 1.807) is 24.3 Å². The number of nitrogens with zero attached hydrogens (tertiary/aromatic N) is 3. The van der Waals surface area contributed by atoms with Gasteiger partial charge in [-0.15, -0.1) is 0 Å². The van der Waals surface area contributed by atoms with Crippen molar-refractivity contribution in [2.24, 2.45) is 0 Å². The highest BCUT2D eigenvalue weighted by molar-refractivity contribution is 7.89. The molecule has 0 radical (unpaired) electrons. The van der Waals surface area contributed by atoms with Crippen LogP contribution in [-0.2, 0) is 10.0 Å². The fraction of sp³-hybridized carbons (Fsp3) is 0.500. The molecule has 2 rings (SSSR count). The molecule has 6 heteroatoms. The second kappa shape index (κ2) is 5.92. The molecule has 1 atom stereocenters. The van der Waals surface area contributed by atoms with Crippen LogP contribution in [0, 0.1) is 18.3 Å². The predicted octanol–water partition coefficient (Wildman–Crippen LogP) is 1.21. The Morgan fingerprint density at radius 3 is 2.20 bits per heavy atom. The van der Waals surface area contributed by atoms with Gasteiger partial charge in [-0.25, -0.2) is 8.42 Å². The first-order valence-electron chi connectivity index (χ1n) is 6.65. The van der Waals surface area contributed by atoms with Crippen molar-refractivity contribution in [3.05, 3.63) is 29.8 Å². The van der Waals surface area contributed by atoms with E-state index >= 15 is 0 Å². The molecule has 1 heterocycles. The SMILES string of the molecule is Cc1ccc(S(=O)(=O)N2CCN([C@H](C)C#N)CC2)cc1. The highest BCUT2D eigenvalue weighted by Gasteiger charge is 2.29. The molecule has 0 aromatic heterocycles. The largest absolute Gasteiger partial charge is 0.286 e. The molecule has 0 unspecified atom stereocenters. The monoisotopic (exact) mass is 293 g/mol. The summed E-state index contributed by atoms with van der Waals surface area (Å²) in [5.41, 5.74) is 1.04. The molecule has 0 N–H and O–H groups in total. The first-order chi connectivity index (χ1) is 9.45. The molecule has 20 heavy (non-hydrogen) atoms. The second-order valence-corrected chi connectivity index (χ2v) is 7.00. The van der Waals surface area contributed by atoms with Gasteiger partial charge in [0.25, 0.3) is 0 Å². The molecule has 0 saturated carbocycles. The Labute approximate surface area is 120 Å². The Morgan fingerprint density at radius 2 is 1.70 bits per heavy atom. The molecule has 1 fully saturated rings. The first-order valence-corrected chi connectivity index (χ1v) is 8.09. The van der Waals surface area contributed by atoms with E-state index in [1.807, 2.05) is 18.7 Å². The van der Waals surface area contributed by atoms with Gasteiger partial charge in [-0.05, 0) is 26.0 Å². The number of piperazine rings is 1. The Bertz CT molecular complexity index is 596. The molecule has 1 aliphatic heterocycles. The third-order valence-corrected chi connectivity index (χ3v) is 5.58. The fourth-order valence-electron chi connectivity index (χ4n) is 2.27. The normalized spacial score (nSPS) is 19.4. The van der Waals surface area contributed by atoms with Crippen molar-refractivity contribution in [2.45, 2.75) is 24.8 Å². The summed E-state index contributed by atoms with van der Waals surface area (Å²) >= 11 is 0. The van der Waals surface area contributed by atoms with E-state index in [2.05, 4.69) is 6.07 Å². The van der Waals surface area contributed by atoms with E-state index in [4.69, 9.17) is 5.26 Å². The third kappa shape index (κ3) is 3.01. The number of sulfonamides is 1. The third-order valence-electron chi connectivity index (χ3n) is 3.67. The summed E-state index contributed by atoms with van der Waals surface area (Å²) in [5, 5.41) is 8.89. The van der Waals surface area contributed by atoms with Crippen molar-refractivity contribution in [3.63, 3.8) is 0 Å². The zero-order valence-corrected chi connectivity index (χ0v) is 12.6. The minimum atomic E-state index is -3.41.